The fraction of sp³-hybridized carbons (Fsp3) is 0.900. The van der Waals surface area contributed by atoms with Gasteiger partial charge in [0.1, 0.15) is 0 Å². The molecule has 0 aliphatic rings. The first kappa shape index (κ1) is 13.9. The molecule has 0 aromatic heterocycles. The largest absolute Gasteiger partial charge is 0.396 e. The molecular formula is C10H20BrNO2. The van der Waals surface area contributed by atoms with Crippen molar-refractivity contribution < 1.29 is 9.90 Å². The zero-order chi connectivity index (χ0) is 11.1. The molecule has 0 aliphatic carbocycles. The second kappa shape index (κ2) is 7.23. The van der Waals surface area contributed by atoms with Crippen LogP contribution in [0.4, 0.5) is 0 Å². The molecule has 0 aliphatic heterocycles. The summed E-state index contributed by atoms with van der Waals surface area (Å²) >= 11 is 3.34. The van der Waals surface area contributed by atoms with Crippen LogP contribution in [0.2, 0.25) is 0 Å². The van der Waals surface area contributed by atoms with Crippen molar-refractivity contribution in [1.29, 1.82) is 0 Å². The number of rotatable bonds is 6. The minimum absolute atomic E-state index is 0.0328. The van der Waals surface area contributed by atoms with E-state index in [1.54, 1.807) is 0 Å². The summed E-state index contributed by atoms with van der Waals surface area (Å²) in [4.78, 5) is 11.4. The van der Waals surface area contributed by atoms with Crippen molar-refractivity contribution in [1.82, 2.24) is 5.32 Å². The van der Waals surface area contributed by atoms with Crippen LogP contribution in [0, 0.1) is 5.92 Å². The van der Waals surface area contributed by atoms with Crippen molar-refractivity contribution in [3.63, 3.8) is 0 Å². The summed E-state index contributed by atoms with van der Waals surface area (Å²) < 4.78 is 0. The summed E-state index contributed by atoms with van der Waals surface area (Å²) in [6.45, 7) is 6.13. The highest BCUT2D eigenvalue weighted by atomic mass is 79.9. The standard InChI is InChI=1S/C10H20BrNO2/c1-7(2)9(11)10(14)12-8(3)5-4-6-13/h7-9,13H,4-6H2,1-3H3,(H,12,14). The molecule has 0 aromatic carbocycles. The first-order valence-electron chi connectivity index (χ1n) is 5.04. The molecule has 84 valence electrons. The summed E-state index contributed by atoms with van der Waals surface area (Å²) in [7, 11) is 0. The molecule has 2 N–H and O–H groups in total. The molecule has 0 heterocycles. The molecule has 0 radical (unpaired) electrons. The number of aliphatic hydroxyl groups excluding tert-OH is 1. The van der Waals surface area contributed by atoms with E-state index >= 15 is 0 Å². The van der Waals surface area contributed by atoms with E-state index in [1.165, 1.54) is 0 Å². The zero-order valence-electron chi connectivity index (χ0n) is 9.09. The molecule has 0 bridgehead atoms. The monoisotopic (exact) mass is 265 g/mol. The van der Waals surface area contributed by atoms with Gasteiger partial charge in [-0.15, -0.1) is 0 Å². The smallest absolute Gasteiger partial charge is 0.234 e. The van der Waals surface area contributed by atoms with E-state index in [9.17, 15) is 4.79 Å². The maximum atomic E-state index is 11.5. The van der Waals surface area contributed by atoms with Crippen LogP contribution < -0.4 is 5.32 Å². The Balaban J connectivity index is 3.81. The van der Waals surface area contributed by atoms with Gasteiger partial charge in [0.25, 0.3) is 0 Å². The Morgan fingerprint density at radius 3 is 2.43 bits per heavy atom. The van der Waals surface area contributed by atoms with Crippen LogP contribution in [-0.4, -0.2) is 28.5 Å². The van der Waals surface area contributed by atoms with Crippen molar-refractivity contribution in [2.45, 2.75) is 44.5 Å². The highest BCUT2D eigenvalue weighted by Crippen LogP contribution is 2.12. The van der Waals surface area contributed by atoms with E-state index in [-0.39, 0.29) is 23.4 Å². The van der Waals surface area contributed by atoms with Gasteiger partial charge in [-0.25, -0.2) is 0 Å². The molecule has 0 rings (SSSR count). The molecule has 2 unspecified atom stereocenters. The topological polar surface area (TPSA) is 49.3 Å². The molecule has 0 spiro atoms. The molecule has 14 heavy (non-hydrogen) atoms. The Bertz CT molecular complexity index is 174. The molecule has 0 fully saturated rings. The van der Waals surface area contributed by atoms with E-state index in [0.29, 0.717) is 5.92 Å². The lowest BCUT2D eigenvalue weighted by Crippen LogP contribution is -2.39. The Labute approximate surface area is 94.4 Å². The quantitative estimate of drug-likeness (QED) is 0.719. The lowest BCUT2D eigenvalue weighted by Gasteiger charge is -2.18. The Kier molecular flexibility index (Phi) is 7.19. The molecule has 0 saturated heterocycles. The molecular weight excluding hydrogens is 246 g/mol. The van der Waals surface area contributed by atoms with Gasteiger partial charge in [-0.3, -0.25) is 4.79 Å². The summed E-state index contributed by atoms with van der Waals surface area (Å²) in [5.74, 6) is 0.325. The van der Waals surface area contributed by atoms with Gasteiger partial charge in [0.15, 0.2) is 0 Å². The minimum atomic E-state index is -0.126. The first-order chi connectivity index (χ1) is 6.49. The molecule has 3 nitrogen and oxygen atoms in total. The SMILES string of the molecule is CC(CCCO)NC(=O)C(Br)C(C)C. The van der Waals surface area contributed by atoms with Gasteiger partial charge >= 0.3 is 0 Å². The van der Waals surface area contributed by atoms with E-state index in [4.69, 9.17) is 5.11 Å². The maximum Gasteiger partial charge on any atom is 0.234 e. The third kappa shape index (κ3) is 5.60. The fourth-order valence-electron chi connectivity index (χ4n) is 1.09. The second-order valence-electron chi connectivity index (χ2n) is 3.92. The molecule has 4 heteroatoms. The number of hydrogen-bond acceptors (Lipinski definition) is 2. The summed E-state index contributed by atoms with van der Waals surface area (Å²) in [5, 5.41) is 11.5. The zero-order valence-corrected chi connectivity index (χ0v) is 10.7. The van der Waals surface area contributed by atoms with Crippen molar-refractivity contribution in [2.75, 3.05) is 6.61 Å². The molecule has 0 saturated carbocycles. The third-order valence-corrected chi connectivity index (χ3v) is 3.49. The Hall–Kier alpha value is -0.0900. The van der Waals surface area contributed by atoms with E-state index in [1.807, 2.05) is 20.8 Å². The van der Waals surface area contributed by atoms with Gasteiger partial charge in [0.2, 0.25) is 5.91 Å². The van der Waals surface area contributed by atoms with Gasteiger partial charge in [-0.05, 0) is 25.7 Å². The number of halogens is 1. The van der Waals surface area contributed by atoms with Crippen molar-refractivity contribution in [3.05, 3.63) is 0 Å². The average molecular weight is 266 g/mol. The van der Waals surface area contributed by atoms with E-state index in [2.05, 4.69) is 21.2 Å². The number of amides is 1. The van der Waals surface area contributed by atoms with E-state index in [0.717, 1.165) is 12.8 Å². The van der Waals surface area contributed by atoms with Gasteiger partial charge in [0.05, 0.1) is 4.83 Å². The lowest BCUT2D eigenvalue weighted by atomic mass is 10.1. The lowest BCUT2D eigenvalue weighted by molar-refractivity contribution is -0.121. The highest BCUT2D eigenvalue weighted by Gasteiger charge is 2.19. The van der Waals surface area contributed by atoms with Gasteiger partial charge < -0.3 is 10.4 Å². The molecule has 0 aromatic rings. The van der Waals surface area contributed by atoms with Crippen LogP contribution in [0.3, 0.4) is 0 Å². The van der Waals surface area contributed by atoms with Crippen molar-refractivity contribution in [3.8, 4) is 0 Å². The number of nitrogens with one attached hydrogen (secondary N) is 1. The first-order valence-corrected chi connectivity index (χ1v) is 5.96. The highest BCUT2D eigenvalue weighted by molar-refractivity contribution is 9.10. The summed E-state index contributed by atoms with van der Waals surface area (Å²) in [6, 6.07) is 0.133. The maximum absolute atomic E-state index is 11.5. The summed E-state index contributed by atoms with van der Waals surface area (Å²) in [6.07, 6.45) is 1.55. The van der Waals surface area contributed by atoms with Crippen LogP contribution in [0.25, 0.3) is 0 Å². The average Bonchev–Trinajstić information content (AvgIpc) is 2.13. The van der Waals surface area contributed by atoms with Gasteiger partial charge in [-0.1, -0.05) is 29.8 Å². The van der Waals surface area contributed by atoms with Crippen molar-refractivity contribution >= 4 is 21.8 Å². The third-order valence-electron chi connectivity index (χ3n) is 2.02. The molecule has 2 atom stereocenters. The predicted molar refractivity (Wildman–Crippen MR) is 61.5 cm³/mol. The predicted octanol–water partition coefficient (Wildman–Crippen LogP) is 1.68. The van der Waals surface area contributed by atoms with E-state index < -0.39 is 0 Å². The Morgan fingerprint density at radius 1 is 1.43 bits per heavy atom. The second-order valence-corrected chi connectivity index (χ2v) is 4.91. The molecule has 1 amide bonds. The number of aliphatic hydroxyl groups is 1. The number of hydrogen-bond donors (Lipinski definition) is 2. The van der Waals surface area contributed by atoms with Crippen LogP contribution in [0.1, 0.15) is 33.6 Å². The number of alkyl halides is 1. The van der Waals surface area contributed by atoms with Crippen LogP contribution >= 0.6 is 15.9 Å². The number of carbonyl (C=O) groups is 1. The fourth-order valence-corrected chi connectivity index (χ4v) is 1.23. The summed E-state index contributed by atoms with van der Waals surface area (Å²) in [5.41, 5.74) is 0. The Morgan fingerprint density at radius 2 is 2.00 bits per heavy atom. The van der Waals surface area contributed by atoms with Crippen LogP contribution in [-0.2, 0) is 4.79 Å². The minimum Gasteiger partial charge on any atom is -0.396 e. The number of carbonyl (C=O) groups excluding carboxylic acids is 1. The van der Waals surface area contributed by atoms with Gasteiger partial charge in [-0.2, -0.15) is 0 Å². The van der Waals surface area contributed by atoms with Gasteiger partial charge in [0, 0.05) is 12.6 Å². The van der Waals surface area contributed by atoms with Crippen LogP contribution in [0.15, 0.2) is 0 Å². The van der Waals surface area contributed by atoms with Crippen molar-refractivity contribution in [2.24, 2.45) is 5.92 Å². The van der Waals surface area contributed by atoms with Crippen LogP contribution in [0.5, 0.6) is 0 Å². The normalized spacial score (nSPS) is 15.3.